The molecule has 0 saturated heterocycles. The van der Waals surface area contributed by atoms with Gasteiger partial charge in [-0.05, 0) is 54.2 Å². The zero-order chi connectivity index (χ0) is 16.6. The number of ether oxygens (including phenoxy) is 1. The Hall–Kier alpha value is -2.74. The molecule has 0 aromatic heterocycles. The lowest BCUT2D eigenvalue weighted by Gasteiger charge is -2.08. The van der Waals surface area contributed by atoms with E-state index in [1.807, 2.05) is 24.3 Å². The SMILES string of the molecule is Nc1cc(/C=C/C2=CCCC=C2)ccc1OC/C=C/C1=CC=CC1. The van der Waals surface area contributed by atoms with Crippen molar-refractivity contribution in [2.75, 3.05) is 12.3 Å². The molecule has 0 bridgehead atoms. The van der Waals surface area contributed by atoms with Gasteiger partial charge in [-0.2, -0.15) is 0 Å². The lowest BCUT2D eigenvalue weighted by molar-refractivity contribution is 0.365. The highest BCUT2D eigenvalue weighted by molar-refractivity contribution is 5.63. The predicted molar refractivity (Wildman–Crippen MR) is 103 cm³/mol. The normalized spacial score (nSPS) is 16.8. The van der Waals surface area contributed by atoms with Crippen LogP contribution in [0.5, 0.6) is 5.75 Å². The number of benzene rings is 1. The van der Waals surface area contributed by atoms with Gasteiger partial charge >= 0.3 is 0 Å². The molecule has 1 aromatic carbocycles. The largest absolute Gasteiger partial charge is 0.487 e. The van der Waals surface area contributed by atoms with Crippen molar-refractivity contribution in [2.45, 2.75) is 19.3 Å². The molecule has 0 saturated carbocycles. The van der Waals surface area contributed by atoms with E-state index in [0.717, 1.165) is 30.6 Å². The molecule has 0 aliphatic heterocycles. The zero-order valence-electron chi connectivity index (χ0n) is 13.8. The topological polar surface area (TPSA) is 35.2 Å². The summed E-state index contributed by atoms with van der Waals surface area (Å²) in [5.74, 6) is 0.729. The van der Waals surface area contributed by atoms with E-state index in [1.54, 1.807) is 0 Å². The third-order valence-electron chi connectivity index (χ3n) is 3.99. The molecule has 122 valence electrons. The van der Waals surface area contributed by atoms with Crippen LogP contribution in [-0.4, -0.2) is 6.61 Å². The fourth-order valence-electron chi connectivity index (χ4n) is 2.68. The van der Waals surface area contributed by atoms with Gasteiger partial charge in [0, 0.05) is 0 Å². The molecule has 2 N–H and O–H groups in total. The molecule has 24 heavy (non-hydrogen) atoms. The van der Waals surface area contributed by atoms with E-state index in [1.165, 1.54) is 11.1 Å². The molecule has 2 nitrogen and oxygen atoms in total. The van der Waals surface area contributed by atoms with Gasteiger partial charge in [0.15, 0.2) is 0 Å². The minimum atomic E-state index is 0.522. The van der Waals surface area contributed by atoms with Crippen LogP contribution in [0.4, 0.5) is 5.69 Å². The maximum atomic E-state index is 6.10. The first-order valence-corrected chi connectivity index (χ1v) is 8.40. The van der Waals surface area contributed by atoms with E-state index in [4.69, 9.17) is 10.5 Å². The van der Waals surface area contributed by atoms with E-state index in [9.17, 15) is 0 Å². The molecule has 2 heteroatoms. The summed E-state index contributed by atoms with van der Waals surface area (Å²) < 4.78 is 5.74. The van der Waals surface area contributed by atoms with Crippen LogP contribution >= 0.6 is 0 Å². The summed E-state index contributed by atoms with van der Waals surface area (Å²) in [7, 11) is 0. The first-order valence-electron chi connectivity index (χ1n) is 8.40. The number of hydrogen-bond acceptors (Lipinski definition) is 2. The van der Waals surface area contributed by atoms with E-state index in [-0.39, 0.29) is 0 Å². The quantitative estimate of drug-likeness (QED) is 0.715. The van der Waals surface area contributed by atoms with Crippen molar-refractivity contribution in [1.82, 2.24) is 0 Å². The lowest BCUT2D eigenvalue weighted by atomic mass is 10.1. The smallest absolute Gasteiger partial charge is 0.142 e. The minimum absolute atomic E-state index is 0.522. The maximum Gasteiger partial charge on any atom is 0.142 e. The third-order valence-corrected chi connectivity index (χ3v) is 3.99. The second-order valence-corrected chi connectivity index (χ2v) is 5.90. The summed E-state index contributed by atoms with van der Waals surface area (Å²) in [6, 6.07) is 5.92. The Balaban J connectivity index is 1.55. The van der Waals surface area contributed by atoms with Gasteiger partial charge in [0.2, 0.25) is 0 Å². The van der Waals surface area contributed by atoms with Gasteiger partial charge in [-0.25, -0.2) is 0 Å². The number of allylic oxidation sites excluding steroid dienone is 10. The average molecular weight is 317 g/mol. The fourth-order valence-corrected chi connectivity index (χ4v) is 2.68. The molecular formula is C22H23NO. The first kappa shape index (κ1) is 16.1. The fraction of sp³-hybridized carbons (Fsp3) is 0.182. The summed E-state index contributed by atoms with van der Waals surface area (Å²) in [5, 5.41) is 0. The van der Waals surface area contributed by atoms with Crippen molar-refractivity contribution >= 4 is 11.8 Å². The highest BCUT2D eigenvalue weighted by atomic mass is 16.5. The van der Waals surface area contributed by atoms with Gasteiger partial charge < -0.3 is 10.5 Å². The number of hydrogen-bond donors (Lipinski definition) is 1. The van der Waals surface area contributed by atoms with Crippen LogP contribution in [0.2, 0.25) is 0 Å². The number of nitrogen functional groups attached to an aromatic ring is 1. The van der Waals surface area contributed by atoms with Crippen LogP contribution in [0.25, 0.3) is 6.08 Å². The summed E-state index contributed by atoms with van der Waals surface area (Å²) in [6.07, 6.45) is 24.5. The Morgan fingerprint density at radius 1 is 1.08 bits per heavy atom. The molecule has 1 aromatic rings. The van der Waals surface area contributed by atoms with Gasteiger partial charge in [0.25, 0.3) is 0 Å². The van der Waals surface area contributed by atoms with Gasteiger partial charge in [-0.1, -0.05) is 60.8 Å². The average Bonchev–Trinajstić information content (AvgIpc) is 3.13. The van der Waals surface area contributed by atoms with Crippen molar-refractivity contribution in [3.05, 3.63) is 89.6 Å². The molecule has 3 rings (SSSR count). The van der Waals surface area contributed by atoms with Crippen LogP contribution in [0, 0.1) is 0 Å². The maximum absolute atomic E-state index is 6.10. The van der Waals surface area contributed by atoms with Gasteiger partial charge in [-0.3, -0.25) is 0 Å². The van der Waals surface area contributed by atoms with E-state index < -0.39 is 0 Å². The van der Waals surface area contributed by atoms with Crippen LogP contribution in [0.3, 0.4) is 0 Å². The molecule has 2 aliphatic rings. The molecule has 0 heterocycles. The van der Waals surface area contributed by atoms with Crippen molar-refractivity contribution in [3.8, 4) is 5.75 Å². The molecular weight excluding hydrogens is 294 g/mol. The van der Waals surface area contributed by atoms with Crippen molar-refractivity contribution in [2.24, 2.45) is 0 Å². The first-order chi connectivity index (χ1) is 11.8. The van der Waals surface area contributed by atoms with Crippen molar-refractivity contribution in [1.29, 1.82) is 0 Å². The number of anilines is 1. The number of rotatable bonds is 6. The van der Waals surface area contributed by atoms with Crippen LogP contribution in [0.1, 0.15) is 24.8 Å². The van der Waals surface area contributed by atoms with E-state index >= 15 is 0 Å². The molecule has 0 fully saturated rings. The standard InChI is InChI=1S/C22H23NO/c23-21-17-20(13-12-19-7-2-1-3-8-19)14-15-22(21)24-16-6-11-18-9-4-5-10-18/h2,4-9,11-15,17H,1,3,10,16,23H2/b11-6+,13-12+. The van der Waals surface area contributed by atoms with Crippen LogP contribution < -0.4 is 10.5 Å². The van der Waals surface area contributed by atoms with E-state index in [0.29, 0.717) is 12.3 Å². The predicted octanol–water partition coefficient (Wildman–Crippen LogP) is 5.38. The summed E-state index contributed by atoms with van der Waals surface area (Å²) in [5.41, 5.74) is 10.4. The molecule has 0 atom stereocenters. The Morgan fingerprint density at radius 3 is 2.79 bits per heavy atom. The molecule has 2 aliphatic carbocycles. The summed E-state index contributed by atoms with van der Waals surface area (Å²) in [4.78, 5) is 0. The zero-order valence-corrected chi connectivity index (χ0v) is 13.8. The molecule has 0 spiro atoms. The number of nitrogens with two attached hydrogens (primary N) is 1. The Kier molecular flexibility index (Phi) is 5.52. The van der Waals surface area contributed by atoms with Crippen molar-refractivity contribution in [3.63, 3.8) is 0 Å². The molecule has 0 amide bonds. The Bertz CT molecular complexity index is 760. The highest BCUT2D eigenvalue weighted by Gasteiger charge is 2.01. The third kappa shape index (κ3) is 4.63. The van der Waals surface area contributed by atoms with Crippen LogP contribution in [0.15, 0.2) is 84.0 Å². The minimum Gasteiger partial charge on any atom is -0.487 e. The monoisotopic (exact) mass is 317 g/mol. The second-order valence-electron chi connectivity index (χ2n) is 5.90. The summed E-state index contributed by atoms with van der Waals surface area (Å²) in [6.45, 7) is 0.522. The lowest BCUT2D eigenvalue weighted by Crippen LogP contribution is -1.98. The molecule has 0 unspecified atom stereocenters. The van der Waals surface area contributed by atoms with Crippen LogP contribution in [-0.2, 0) is 0 Å². The van der Waals surface area contributed by atoms with Gasteiger partial charge in [0.05, 0.1) is 5.69 Å². The highest BCUT2D eigenvalue weighted by Crippen LogP contribution is 2.24. The van der Waals surface area contributed by atoms with Gasteiger partial charge in [-0.15, -0.1) is 0 Å². The second kappa shape index (κ2) is 8.21. The summed E-state index contributed by atoms with van der Waals surface area (Å²) >= 11 is 0. The Labute approximate surface area is 144 Å². The Morgan fingerprint density at radius 2 is 2.04 bits per heavy atom. The molecule has 0 radical (unpaired) electrons. The van der Waals surface area contributed by atoms with E-state index in [2.05, 4.69) is 54.7 Å². The van der Waals surface area contributed by atoms with Crippen molar-refractivity contribution < 1.29 is 4.74 Å². The van der Waals surface area contributed by atoms with Gasteiger partial charge in [0.1, 0.15) is 12.4 Å².